The summed E-state index contributed by atoms with van der Waals surface area (Å²) in [6.07, 6.45) is 5.29. The second-order valence-electron chi connectivity index (χ2n) is 8.76. The summed E-state index contributed by atoms with van der Waals surface area (Å²) >= 11 is 0. The number of benzene rings is 1. The standard InChI is InChI=1S/C25H28N2O5/c28-24-26-23(32-17-20-16-30-12-13-31-20)15-22-21-5-4-18(14-19(21)7-11-27(22)24)6-10-25(29)8-2-1-3-9-25/h4-5,14-15,20,29H,1-3,7-9,11-13,16-17H2. The normalized spacial score (nSPS) is 21.6. The van der Waals surface area contributed by atoms with Gasteiger partial charge in [0.05, 0.1) is 25.5 Å². The minimum absolute atomic E-state index is 0.156. The zero-order chi connectivity index (χ0) is 22.0. The van der Waals surface area contributed by atoms with Gasteiger partial charge in [-0.2, -0.15) is 4.98 Å². The number of hydrogen-bond acceptors (Lipinski definition) is 6. The summed E-state index contributed by atoms with van der Waals surface area (Å²) < 4.78 is 18.4. The zero-order valence-corrected chi connectivity index (χ0v) is 18.1. The monoisotopic (exact) mass is 436 g/mol. The van der Waals surface area contributed by atoms with Gasteiger partial charge in [0.25, 0.3) is 0 Å². The molecule has 7 heteroatoms. The number of ether oxygens (including phenoxy) is 3. The Morgan fingerprint density at radius 2 is 2.09 bits per heavy atom. The second kappa shape index (κ2) is 9.07. The van der Waals surface area contributed by atoms with Gasteiger partial charge >= 0.3 is 5.69 Å². The lowest BCUT2D eigenvalue weighted by Gasteiger charge is -2.26. The third-order valence-corrected chi connectivity index (χ3v) is 6.40. The van der Waals surface area contributed by atoms with E-state index in [0.29, 0.717) is 38.9 Å². The number of rotatable bonds is 3. The molecule has 1 saturated heterocycles. The van der Waals surface area contributed by atoms with Gasteiger partial charge < -0.3 is 19.3 Å². The van der Waals surface area contributed by atoms with E-state index in [4.69, 9.17) is 14.2 Å². The van der Waals surface area contributed by atoms with Gasteiger partial charge in [-0.1, -0.05) is 24.3 Å². The summed E-state index contributed by atoms with van der Waals surface area (Å²) in [6, 6.07) is 7.83. The lowest BCUT2D eigenvalue weighted by Crippen LogP contribution is -2.34. The molecular weight excluding hydrogens is 408 g/mol. The van der Waals surface area contributed by atoms with E-state index in [1.54, 1.807) is 4.57 Å². The van der Waals surface area contributed by atoms with E-state index in [1.807, 2.05) is 18.2 Å². The van der Waals surface area contributed by atoms with E-state index >= 15 is 0 Å². The number of aromatic nitrogens is 2. The fourth-order valence-corrected chi connectivity index (χ4v) is 4.62. The quantitative estimate of drug-likeness (QED) is 0.744. The molecule has 7 nitrogen and oxygen atoms in total. The maximum Gasteiger partial charge on any atom is 0.351 e. The van der Waals surface area contributed by atoms with Crippen LogP contribution in [0.3, 0.4) is 0 Å². The number of aryl methyl sites for hydroxylation is 1. The zero-order valence-electron chi connectivity index (χ0n) is 18.1. The molecule has 1 atom stereocenters. The van der Waals surface area contributed by atoms with Crippen LogP contribution in [0, 0.1) is 11.8 Å². The fraction of sp³-hybridized carbons (Fsp3) is 0.520. The molecule has 3 aliphatic rings. The van der Waals surface area contributed by atoms with Gasteiger partial charge in [0, 0.05) is 23.7 Å². The van der Waals surface area contributed by atoms with Crippen LogP contribution in [-0.2, 0) is 22.4 Å². The maximum atomic E-state index is 12.6. The summed E-state index contributed by atoms with van der Waals surface area (Å²) in [5, 5.41) is 10.7. The van der Waals surface area contributed by atoms with Crippen molar-refractivity contribution in [1.29, 1.82) is 0 Å². The Morgan fingerprint density at radius 3 is 2.91 bits per heavy atom. The summed E-state index contributed by atoms with van der Waals surface area (Å²) in [7, 11) is 0. The molecule has 1 N–H and O–H groups in total. The number of nitrogens with zero attached hydrogens (tertiary/aromatic N) is 2. The predicted molar refractivity (Wildman–Crippen MR) is 119 cm³/mol. The molecule has 5 rings (SSSR count). The average molecular weight is 437 g/mol. The van der Waals surface area contributed by atoms with Gasteiger partial charge in [-0.25, -0.2) is 4.79 Å². The highest BCUT2D eigenvalue weighted by Gasteiger charge is 2.26. The minimum Gasteiger partial charge on any atom is -0.475 e. The highest BCUT2D eigenvalue weighted by atomic mass is 16.6. The molecule has 0 amide bonds. The van der Waals surface area contributed by atoms with Crippen LogP contribution in [0.1, 0.15) is 43.2 Å². The van der Waals surface area contributed by atoms with Gasteiger partial charge in [0.15, 0.2) is 0 Å². The van der Waals surface area contributed by atoms with Crippen LogP contribution in [0.15, 0.2) is 29.1 Å². The van der Waals surface area contributed by atoms with Crippen LogP contribution in [0.4, 0.5) is 0 Å². The van der Waals surface area contributed by atoms with Crippen LogP contribution in [0.5, 0.6) is 5.88 Å². The Balaban J connectivity index is 1.38. The van der Waals surface area contributed by atoms with Crippen LogP contribution in [-0.4, -0.2) is 52.8 Å². The van der Waals surface area contributed by atoms with Gasteiger partial charge in [0.1, 0.15) is 18.3 Å². The maximum absolute atomic E-state index is 12.6. The smallest absolute Gasteiger partial charge is 0.351 e. The molecule has 1 saturated carbocycles. The van der Waals surface area contributed by atoms with Crippen LogP contribution < -0.4 is 10.4 Å². The van der Waals surface area contributed by atoms with Gasteiger partial charge in [-0.05, 0) is 49.8 Å². The van der Waals surface area contributed by atoms with E-state index in [2.05, 4.69) is 22.9 Å². The Labute approximate surface area is 187 Å². The highest BCUT2D eigenvalue weighted by molar-refractivity contribution is 5.68. The van der Waals surface area contributed by atoms with E-state index < -0.39 is 5.60 Å². The molecule has 1 unspecified atom stereocenters. The van der Waals surface area contributed by atoms with Crippen molar-refractivity contribution in [2.45, 2.75) is 56.8 Å². The first-order valence-corrected chi connectivity index (χ1v) is 11.4. The summed E-state index contributed by atoms with van der Waals surface area (Å²) in [5.74, 6) is 6.58. The molecule has 0 radical (unpaired) electrons. The van der Waals surface area contributed by atoms with Crippen molar-refractivity contribution in [2.24, 2.45) is 0 Å². The fourth-order valence-electron chi connectivity index (χ4n) is 4.62. The van der Waals surface area contributed by atoms with Crippen molar-refractivity contribution >= 4 is 0 Å². The molecule has 1 aliphatic carbocycles. The molecule has 168 valence electrons. The van der Waals surface area contributed by atoms with Gasteiger partial charge in [-0.15, -0.1) is 0 Å². The van der Waals surface area contributed by atoms with Crippen LogP contribution in [0.25, 0.3) is 11.3 Å². The lowest BCUT2D eigenvalue weighted by atomic mass is 9.85. The first-order valence-electron chi connectivity index (χ1n) is 11.4. The number of aliphatic hydroxyl groups is 1. The predicted octanol–water partition coefficient (Wildman–Crippen LogP) is 2.31. The molecule has 2 fully saturated rings. The van der Waals surface area contributed by atoms with Crippen LogP contribution in [0.2, 0.25) is 0 Å². The molecule has 32 heavy (non-hydrogen) atoms. The molecule has 0 bridgehead atoms. The van der Waals surface area contributed by atoms with Crippen molar-refractivity contribution in [3.63, 3.8) is 0 Å². The van der Waals surface area contributed by atoms with Crippen LogP contribution >= 0.6 is 0 Å². The first-order chi connectivity index (χ1) is 15.6. The molecule has 1 aromatic carbocycles. The summed E-state index contributed by atoms with van der Waals surface area (Å²) in [6.45, 7) is 2.47. The van der Waals surface area contributed by atoms with Crippen molar-refractivity contribution in [1.82, 2.24) is 9.55 Å². The largest absolute Gasteiger partial charge is 0.475 e. The van der Waals surface area contributed by atoms with E-state index in [0.717, 1.165) is 54.5 Å². The summed E-state index contributed by atoms with van der Waals surface area (Å²) in [5.41, 5.74) is 2.63. The van der Waals surface area contributed by atoms with Crippen molar-refractivity contribution in [3.05, 3.63) is 45.9 Å². The van der Waals surface area contributed by atoms with E-state index in [9.17, 15) is 9.90 Å². The molecule has 3 heterocycles. The third kappa shape index (κ3) is 4.58. The molecule has 2 aromatic rings. The molecule has 0 spiro atoms. The third-order valence-electron chi connectivity index (χ3n) is 6.40. The van der Waals surface area contributed by atoms with Gasteiger partial charge in [0.2, 0.25) is 5.88 Å². The minimum atomic E-state index is -0.862. The van der Waals surface area contributed by atoms with Crippen molar-refractivity contribution in [2.75, 3.05) is 26.4 Å². The molecule has 1 aromatic heterocycles. The van der Waals surface area contributed by atoms with Gasteiger partial charge in [-0.3, -0.25) is 4.57 Å². The highest BCUT2D eigenvalue weighted by Crippen LogP contribution is 2.31. The van der Waals surface area contributed by atoms with E-state index in [1.165, 1.54) is 6.42 Å². The number of hydrogen-bond donors (Lipinski definition) is 1. The van der Waals surface area contributed by atoms with Crippen molar-refractivity contribution < 1.29 is 19.3 Å². The average Bonchev–Trinajstić information content (AvgIpc) is 2.82. The molecule has 2 aliphatic heterocycles. The van der Waals surface area contributed by atoms with Crippen molar-refractivity contribution in [3.8, 4) is 29.0 Å². The lowest BCUT2D eigenvalue weighted by molar-refractivity contribution is -0.102. The Hall–Kier alpha value is -2.66. The molecular formula is C25H28N2O5. The SMILES string of the molecule is O=c1nc(OCC2COCCO2)cc2n1CCc1cc(C#CC3(O)CCCCC3)ccc1-2. The summed E-state index contributed by atoms with van der Waals surface area (Å²) in [4.78, 5) is 16.7. The first kappa shape index (κ1) is 21.2. The number of fused-ring (bicyclic) bond motifs is 3. The Kier molecular flexibility index (Phi) is 6.01. The Bertz CT molecular complexity index is 1100. The van der Waals surface area contributed by atoms with E-state index in [-0.39, 0.29) is 11.8 Å². The topological polar surface area (TPSA) is 82.8 Å². The Morgan fingerprint density at radius 1 is 1.22 bits per heavy atom. The second-order valence-corrected chi connectivity index (χ2v) is 8.76.